The van der Waals surface area contributed by atoms with Crippen molar-refractivity contribution < 1.29 is 22.4 Å². The van der Waals surface area contributed by atoms with Crippen molar-refractivity contribution in [3.05, 3.63) is 47.8 Å². The van der Waals surface area contributed by atoms with Gasteiger partial charge in [0.05, 0.1) is 5.56 Å². The number of Topliss-reactive ketones (excluding diaryl/α,β-unsaturated/α-hetero) is 1. The summed E-state index contributed by atoms with van der Waals surface area (Å²) in [5.74, 6) is -1.60. The fraction of sp³-hybridized carbons (Fsp3) is 0.250. The molecule has 0 spiro atoms. The molecule has 0 aliphatic rings. The van der Waals surface area contributed by atoms with Crippen molar-refractivity contribution in [2.45, 2.75) is 19.0 Å². The van der Waals surface area contributed by atoms with Gasteiger partial charge in [-0.2, -0.15) is 13.2 Å². The van der Waals surface area contributed by atoms with Crippen molar-refractivity contribution >= 4 is 5.78 Å². The summed E-state index contributed by atoms with van der Waals surface area (Å²) >= 11 is 0. The third-order valence-corrected chi connectivity index (χ3v) is 2.16. The predicted molar refractivity (Wildman–Crippen MR) is 55.2 cm³/mol. The molecule has 0 saturated carbocycles. The summed E-state index contributed by atoms with van der Waals surface area (Å²) in [4.78, 5) is 11.5. The lowest BCUT2D eigenvalue weighted by atomic mass is 10.00. The van der Waals surface area contributed by atoms with E-state index in [1.807, 2.05) is 0 Å². The van der Waals surface area contributed by atoms with Crippen molar-refractivity contribution in [1.82, 2.24) is 0 Å². The van der Waals surface area contributed by atoms with Crippen LogP contribution >= 0.6 is 0 Å². The van der Waals surface area contributed by atoms with E-state index in [9.17, 15) is 22.4 Å². The molecule has 92 valence electrons. The standard InChI is InChI=1S/C12H10F4O/c1-2-3-4-11(17)9-7-8(13)5-6-10(9)12(14,15)16/h2,5-7H,1,3-4H2. The average molecular weight is 246 g/mol. The quantitative estimate of drug-likeness (QED) is 0.446. The highest BCUT2D eigenvalue weighted by molar-refractivity contribution is 5.97. The minimum absolute atomic E-state index is 0.115. The first kappa shape index (κ1) is 13.4. The van der Waals surface area contributed by atoms with Gasteiger partial charge in [-0.3, -0.25) is 4.79 Å². The van der Waals surface area contributed by atoms with Crippen LogP contribution in [0, 0.1) is 5.82 Å². The number of carbonyl (C=O) groups is 1. The molecule has 1 aromatic carbocycles. The van der Waals surface area contributed by atoms with E-state index >= 15 is 0 Å². The molecular weight excluding hydrogens is 236 g/mol. The molecule has 0 bridgehead atoms. The summed E-state index contributed by atoms with van der Waals surface area (Å²) in [5, 5.41) is 0. The molecule has 0 fully saturated rings. The summed E-state index contributed by atoms with van der Waals surface area (Å²) in [6.45, 7) is 3.37. The van der Waals surface area contributed by atoms with Crippen LogP contribution in [0.1, 0.15) is 28.8 Å². The van der Waals surface area contributed by atoms with Gasteiger partial charge in [-0.05, 0) is 24.6 Å². The van der Waals surface area contributed by atoms with Gasteiger partial charge < -0.3 is 0 Å². The molecule has 0 radical (unpaired) electrons. The van der Waals surface area contributed by atoms with Gasteiger partial charge >= 0.3 is 6.18 Å². The normalized spacial score (nSPS) is 11.3. The Hall–Kier alpha value is -1.65. The molecule has 5 heteroatoms. The third-order valence-electron chi connectivity index (χ3n) is 2.16. The molecule has 0 aliphatic heterocycles. The monoisotopic (exact) mass is 246 g/mol. The van der Waals surface area contributed by atoms with Gasteiger partial charge in [-0.25, -0.2) is 4.39 Å². The van der Waals surface area contributed by atoms with E-state index in [4.69, 9.17) is 0 Å². The van der Waals surface area contributed by atoms with Crippen LogP contribution in [-0.2, 0) is 6.18 Å². The Bertz CT molecular complexity index is 435. The highest BCUT2D eigenvalue weighted by Gasteiger charge is 2.35. The molecular formula is C12H10F4O. The van der Waals surface area contributed by atoms with Crippen molar-refractivity contribution in [2.75, 3.05) is 0 Å². The number of ketones is 1. The molecule has 0 unspecified atom stereocenters. The van der Waals surface area contributed by atoms with Crippen LogP contribution < -0.4 is 0 Å². The topological polar surface area (TPSA) is 17.1 Å². The molecule has 1 nitrogen and oxygen atoms in total. The van der Waals surface area contributed by atoms with E-state index in [1.54, 1.807) is 0 Å². The first-order chi connectivity index (χ1) is 7.86. The molecule has 0 atom stereocenters. The molecule has 0 aromatic heterocycles. The molecule has 1 aromatic rings. The van der Waals surface area contributed by atoms with E-state index in [2.05, 4.69) is 6.58 Å². The Kier molecular flexibility index (Phi) is 4.04. The fourth-order valence-electron chi connectivity index (χ4n) is 1.36. The minimum Gasteiger partial charge on any atom is -0.294 e. The number of rotatable bonds is 4. The van der Waals surface area contributed by atoms with Crippen molar-refractivity contribution in [1.29, 1.82) is 0 Å². The maximum atomic E-state index is 12.9. The fourth-order valence-corrected chi connectivity index (χ4v) is 1.36. The number of hydrogen-bond donors (Lipinski definition) is 0. The third kappa shape index (κ3) is 3.41. The molecule has 0 N–H and O–H groups in total. The van der Waals surface area contributed by atoms with Crippen molar-refractivity contribution in [2.24, 2.45) is 0 Å². The van der Waals surface area contributed by atoms with Gasteiger partial charge in [-0.15, -0.1) is 6.58 Å². The summed E-state index contributed by atoms with van der Waals surface area (Å²) in [5.41, 5.74) is -1.73. The number of benzene rings is 1. The summed E-state index contributed by atoms with van der Waals surface area (Å²) in [7, 11) is 0. The summed E-state index contributed by atoms with van der Waals surface area (Å²) in [6, 6.07) is 1.89. The second-order valence-electron chi connectivity index (χ2n) is 3.44. The number of halogens is 4. The van der Waals surface area contributed by atoms with E-state index in [0.29, 0.717) is 18.2 Å². The zero-order valence-electron chi connectivity index (χ0n) is 8.85. The van der Waals surface area contributed by atoms with Crippen LogP contribution in [0.15, 0.2) is 30.9 Å². The van der Waals surface area contributed by atoms with Gasteiger partial charge in [0.25, 0.3) is 0 Å². The maximum absolute atomic E-state index is 12.9. The largest absolute Gasteiger partial charge is 0.417 e. The Balaban J connectivity index is 3.15. The Morgan fingerprint density at radius 3 is 2.53 bits per heavy atom. The molecule has 0 heterocycles. The summed E-state index contributed by atoms with van der Waals surface area (Å²) < 4.78 is 50.6. The van der Waals surface area contributed by atoms with Gasteiger partial charge in [0.15, 0.2) is 5.78 Å². The van der Waals surface area contributed by atoms with E-state index < -0.39 is 28.9 Å². The molecule has 0 saturated heterocycles. The van der Waals surface area contributed by atoms with Crippen LogP contribution in [0.25, 0.3) is 0 Å². The Morgan fingerprint density at radius 1 is 1.35 bits per heavy atom. The van der Waals surface area contributed by atoms with Crippen LogP contribution in [0.3, 0.4) is 0 Å². The van der Waals surface area contributed by atoms with E-state index in [1.165, 1.54) is 6.08 Å². The lowest BCUT2D eigenvalue weighted by Gasteiger charge is -2.11. The summed E-state index contributed by atoms with van der Waals surface area (Å²) in [6.07, 6.45) is -3.10. The lowest BCUT2D eigenvalue weighted by molar-refractivity contribution is -0.137. The molecule has 17 heavy (non-hydrogen) atoms. The Morgan fingerprint density at radius 2 is 2.00 bits per heavy atom. The number of carbonyl (C=O) groups excluding carboxylic acids is 1. The van der Waals surface area contributed by atoms with Gasteiger partial charge in [-0.1, -0.05) is 6.08 Å². The van der Waals surface area contributed by atoms with Gasteiger partial charge in [0.1, 0.15) is 5.82 Å². The van der Waals surface area contributed by atoms with Crippen LogP contribution in [0.2, 0.25) is 0 Å². The van der Waals surface area contributed by atoms with Crippen LogP contribution in [-0.4, -0.2) is 5.78 Å². The first-order valence-electron chi connectivity index (χ1n) is 4.87. The predicted octanol–water partition coefficient (Wildman–Crippen LogP) is 3.99. The minimum atomic E-state index is -4.66. The van der Waals surface area contributed by atoms with Gasteiger partial charge in [0.2, 0.25) is 0 Å². The molecule has 0 amide bonds. The number of allylic oxidation sites excluding steroid dienone is 1. The second kappa shape index (κ2) is 5.12. The van der Waals surface area contributed by atoms with Crippen LogP contribution in [0.4, 0.5) is 17.6 Å². The van der Waals surface area contributed by atoms with Gasteiger partial charge in [0, 0.05) is 12.0 Å². The van der Waals surface area contributed by atoms with E-state index in [-0.39, 0.29) is 12.8 Å². The second-order valence-corrected chi connectivity index (χ2v) is 3.44. The maximum Gasteiger partial charge on any atom is 0.417 e. The first-order valence-corrected chi connectivity index (χ1v) is 4.87. The zero-order chi connectivity index (χ0) is 13.1. The zero-order valence-corrected chi connectivity index (χ0v) is 8.85. The average Bonchev–Trinajstić information content (AvgIpc) is 2.24. The molecule has 0 aliphatic carbocycles. The number of alkyl halides is 3. The van der Waals surface area contributed by atoms with Crippen molar-refractivity contribution in [3.8, 4) is 0 Å². The smallest absolute Gasteiger partial charge is 0.294 e. The van der Waals surface area contributed by atoms with Crippen LogP contribution in [0.5, 0.6) is 0 Å². The highest BCUT2D eigenvalue weighted by atomic mass is 19.4. The van der Waals surface area contributed by atoms with Crippen molar-refractivity contribution in [3.63, 3.8) is 0 Å². The number of hydrogen-bond acceptors (Lipinski definition) is 1. The van der Waals surface area contributed by atoms with E-state index in [0.717, 1.165) is 0 Å². The SMILES string of the molecule is C=CCCC(=O)c1cc(F)ccc1C(F)(F)F. The Labute approximate surface area is 95.8 Å². The molecule has 1 rings (SSSR count). The highest BCUT2D eigenvalue weighted by Crippen LogP contribution is 2.33. The lowest BCUT2D eigenvalue weighted by Crippen LogP contribution is -2.13.